The molecule has 1 aliphatic heterocycles. The molecule has 0 spiro atoms. The number of alkyl halides is 1. The van der Waals surface area contributed by atoms with Crippen molar-refractivity contribution in [1.82, 2.24) is 19.7 Å². The molecular formula is C14H11FN4O. The van der Waals surface area contributed by atoms with E-state index in [1.165, 1.54) is 0 Å². The van der Waals surface area contributed by atoms with Crippen LogP contribution in [0.2, 0.25) is 0 Å². The molecule has 6 heteroatoms. The summed E-state index contributed by atoms with van der Waals surface area (Å²) in [6.45, 7) is 0.125. The van der Waals surface area contributed by atoms with Gasteiger partial charge in [-0.2, -0.15) is 5.10 Å². The normalized spacial score (nSPS) is 17.1. The number of hydrogen-bond donors (Lipinski definition) is 0. The fourth-order valence-corrected chi connectivity index (χ4v) is 2.28. The van der Waals surface area contributed by atoms with Crippen molar-refractivity contribution >= 4 is 10.9 Å². The summed E-state index contributed by atoms with van der Waals surface area (Å²) in [4.78, 5) is 8.43. The summed E-state index contributed by atoms with van der Waals surface area (Å²) < 4.78 is 21.0. The Bertz CT molecular complexity index is 781. The number of aromatic nitrogens is 4. The van der Waals surface area contributed by atoms with Crippen molar-refractivity contribution in [1.29, 1.82) is 0 Å². The molecular weight excluding hydrogens is 259 g/mol. The van der Waals surface area contributed by atoms with Crippen LogP contribution in [0.5, 0.6) is 0 Å². The highest BCUT2D eigenvalue weighted by Gasteiger charge is 2.42. The number of hydrogen-bond acceptors (Lipinski definition) is 4. The van der Waals surface area contributed by atoms with Crippen molar-refractivity contribution in [3.05, 3.63) is 48.5 Å². The number of fused-ring (bicyclic) bond motifs is 1. The quantitative estimate of drug-likeness (QED) is 0.714. The number of ether oxygens (including phenoxy) is 1. The first-order chi connectivity index (χ1) is 9.76. The summed E-state index contributed by atoms with van der Waals surface area (Å²) >= 11 is 0. The molecule has 0 saturated carbocycles. The number of pyridine rings is 2. The van der Waals surface area contributed by atoms with E-state index in [-0.39, 0.29) is 13.2 Å². The average molecular weight is 270 g/mol. The summed E-state index contributed by atoms with van der Waals surface area (Å²) in [5.74, 6) is 0.590. The van der Waals surface area contributed by atoms with Gasteiger partial charge in [0.2, 0.25) is 0 Å². The van der Waals surface area contributed by atoms with Gasteiger partial charge in [-0.1, -0.05) is 6.07 Å². The summed E-state index contributed by atoms with van der Waals surface area (Å²) in [5, 5.41) is 5.21. The van der Waals surface area contributed by atoms with E-state index in [1.807, 2.05) is 6.07 Å². The lowest BCUT2D eigenvalue weighted by atomic mass is 9.99. The van der Waals surface area contributed by atoms with Gasteiger partial charge in [-0.25, -0.2) is 14.1 Å². The highest BCUT2D eigenvalue weighted by molar-refractivity contribution is 5.78. The van der Waals surface area contributed by atoms with Gasteiger partial charge < -0.3 is 4.74 Å². The first-order valence-corrected chi connectivity index (χ1v) is 6.29. The van der Waals surface area contributed by atoms with Crippen molar-refractivity contribution in [2.75, 3.05) is 13.2 Å². The van der Waals surface area contributed by atoms with Crippen molar-refractivity contribution in [2.45, 2.75) is 5.67 Å². The number of nitrogens with zero attached hydrogens (tertiary/aromatic N) is 4. The van der Waals surface area contributed by atoms with Crippen LogP contribution < -0.4 is 0 Å². The van der Waals surface area contributed by atoms with Gasteiger partial charge in [0.1, 0.15) is 0 Å². The fourth-order valence-electron chi connectivity index (χ4n) is 2.28. The molecule has 1 saturated heterocycles. The second-order valence-electron chi connectivity index (χ2n) is 4.83. The fraction of sp³-hybridized carbons (Fsp3) is 0.214. The Morgan fingerprint density at radius 3 is 2.90 bits per heavy atom. The summed E-state index contributed by atoms with van der Waals surface area (Å²) in [6, 6.07) is 7.12. The minimum atomic E-state index is -1.47. The van der Waals surface area contributed by atoms with Crippen LogP contribution in [0, 0.1) is 0 Å². The molecule has 20 heavy (non-hydrogen) atoms. The Morgan fingerprint density at radius 1 is 1.20 bits per heavy atom. The van der Waals surface area contributed by atoms with Gasteiger partial charge in [0.05, 0.1) is 30.6 Å². The summed E-state index contributed by atoms with van der Waals surface area (Å²) in [6.07, 6.45) is 5.15. The van der Waals surface area contributed by atoms with Crippen LogP contribution in [0.25, 0.3) is 16.7 Å². The van der Waals surface area contributed by atoms with Crippen LogP contribution in [0.4, 0.5) is 4.39 Å². The van der Waals surface area contributed by atoms with Gasteiger partial charge in [-0.3, -0.25) is 4.98 Å². The molecule has 3 aromatic rings. The van der Waals surface area contributed by atoms with Crippen LogP contribution in [0.3, 0.4) is 0 Å². The van der Waals surface area contributed by atoms with Gasteiger partial charge in [0.15, 0.2) is 11.5 Å². The second kappa shape index (κ2) is 4.08. The van der Waals surface area contributed by atoms with Gasteiger partial charge in [0.25, 0.3) is 0 Å². The van der Waals surface area contributed by atoms with Crippen LogP contribution in [0.15, 0.2) is 42.9 Å². The molecule has 0 unspecified atom stereocenters. The van der Waals surface area contributed by atoms with Crippen LogP contribution >= 0.6 is 0 Å². The minimum absolute atomic E-state index is 0.0627. The highest BCUT2D eigenvalue weighted by atomic mass is 19.1. The van der Waals surface area contributed by atoms with Crippen LogP contribution in [0.1, 0.15) is 5.69 Å². The van der Waals surface area contributed by atoms with E-state index in [0.717, 1.165) is 10.9 Å². The molecule has 0 aromatic carbocycles. The third-order valence-corrected chi connectivity index (χ3v) is 3.44. The Hall–Kier alpha value is -2.34. The number of halogens is 1. The zero-order valence-electron chi connectivity index (χ0n) is 10.5. The van der Waals surface area contributed by atoms with Crippen molar-refractivity contribution < 1.29 is 9.13 Å². The summed E-state index contributed by atoms with van der Waals surface area (Å²) in [7, 11) is 0. The topological polar surface area (TPSA) is 52.8 Å². The lowest BCUT2D eigenvalue weighted by Gasteiger charge is -2.33. The molecule has 100 valence electrons. The lowest BCUT2D eigenvalue weighted by Crippen LogP contribution is -2.43. The maximum Gasteiger partial charge on any atom is 0.198 e. The van der Waals surface area contributed by atoms with Crippen molar-refractivity contribution in [2.24, 2.45) is 0 Å². The monoisotopic (exact) mass is 270 g/mol. The minimum Gasteiger partial charge on any atom is -0.374 e. The molecule has 3 aromatic heterocycles. The molecule has 0 bridgehead atoms. The van der Waals surface area contributed by atoms with Gasteiger partial charge in [0, 0.05) is 17.8 Å². The van der Waals surface area contributed by atoms with Gasteiger partial charge >= 0.3 is 0 Å². The van der Waals surface area contributed by atoms with Crippen LogP contribution in [-0.4, -0.2) is 33.0 Å². The average Bonchev–Trinajstić information content (AvgIpc) is 2.89. The molecule has 4 rings (SSSR count). The standard InChI is InChI=1S/C14H11FN4O/c15-14(8-20-9-14)12-2-1-3-13(18-12)19-11-4-5-16-6-10(11)7-17-19/h1-7H,8-9H2. The zero-order chi connectivity index (χ0) is 13.6. The Labute approximate surface area is 114 Å². The molecule has 0 radical (unpaired) electrons. The van der Waals surface area contributed by atoms with Gasteiger partial charge in [-0.05, 0) is 18.2 Å². The largest absolute Gasteiger partial charge is 0.374 e. The Kier molecular flexibility index (Phi) is 2.34. The van der Waals surface area contributed by atoms with E-state index in [0.29, 0.717) is 11.5 Å². The molecule has 5 nitrogen and oxygen atoms in total. The Morgan fingerprint density at radius 2 is 2.10 bits per heavy atom. The molecule has 0 aliphatic carbocycles. The SMILES string of the molecule is FC1(c2cccc(-n3ncc4cnccc43)n2)COC1. The maximum absolute atomic E-state index is 14.3. The second-order valence-corrected chi connectivity index (χ2v) is 4.83. The van der Waals surface area contributed by atoms with E-state index < -0.39 is 5.67 Å². The predicted octanol–water partition coefficient (Wildman–Crippen LogP) is 2.01. The van der Waals surface area contributed by atoms with Crippen molar-refractivity contribution in [3.63, 3.8) is 0 Å². The molecule has 4 heterocycles. The Balaban J connectivity index is 1.84. The van der Waals surface area contributed by atoms with E-state index >= 15 is 0 Å². The first kappa shape index (κ1) is 11.5. The predicted molar refractivity (Wildman–Crippen MR) is 70.3 cm³/mol. The molecule has 1 aliphatic rings. The van der Waals surface area contributed by atoms with E-state index in [2.05, 4.69) is 15.1 Å². The molecule has 0 atom stereocenters. The highest BCUT2D eigenvalue weighted by Crippen LogP contribution is 2.32. The lowest BCUT2D eigenvalue weighted by molar-refractivity contribution is -0.137. The van der Waals surface area contributed by atoms with Gasteiger partial charge in [-0.15, -0.1) is 0 Å². The molecule has 1 fully saturated rings. The molecule has 0 N–H and O–H groups in total. The van der Waals surface area contributed by atoms with Crippen molar-refractivity contribution in [3.8, 4) is 5.82 Å². The first-order valence-electron chi connectivity index (χ1n) is 6.29. The zero-order valence-corrected chi connectivity index (χ0v) is 10.5. The third kappa shape index (κ3) is 1.61. The maximum atomic E-state index is 14.3. The van der Waals surface area contributed by atoms with E-state index in [1.54, 1.807) is 41.5 Å². The number of rotatable bonds is 2. The van der Waals surface area contributed by atoms with Crippen LogP contribution in [-0.2, 0) is 10.4 Å². The smallest absolute Gasteiger partial charge is 0.198 e. The van der Waals surface area contributed by atoms with E-state index in [4.69, 9.17) is 4.74 Å². The van der Waals surface area contributed by atoms with E-state index in [9.17, 15) is 4.39 Å². The third-order valence-electron chi connectivity index (χ3n) is 3.44. The molecule has 0 amide bonds. The summed E-state index contributed by atoms with van der Waals surface area (Å²) in [5.41, 5.74) is -0.193.